The maximum atomic E-state index is 11.1. The monoisotopic (exact) mass is 217 g/mol. The summed E-state index contributed by atoms with van der Waals surface area (Å²) in [5.74, 6) is 2.25. The number of guanidine groups is 1. The van der Waals surface area contributed by atoms with Crippen LogP contribution in [0.3, 0.4) is 0 Å². The molecule has 0 atom stereocenters. The average molecular weight is 217 g/mol. The van der Waals surface area contributed by atoms with E-state index in [1.165, 1.54) is 0 Å². The molecule has 2 amide bonds. The number of urea groups is 1. The molecule has 0 radical (unpaired) electrons. The molecule has 16 heavy (non-hydrogen) atoms. The maximum absolute atomic E-state index is 11.1. The van der Waals surface area contributed by atoms with Gasteiger partial charge in [0.1, 0.15) is 0 Å². The summed E-state index contributed by atoms with van der Waals surface area (Å²) in [6.45, 7) is 0.133. The number of pyridine rings is 1. The number of nitrogens with two attached hydrogens (primary N) is 1. The predicted octanol–water partition coefficient (Wildman–Crippen LogP) is -0.0398. The first kappa shape index (κ1) is 11.5. The van der Waals surface area contributed by atoms with Gasteiger partial charge in [0.15, 0.2) is 0 Å². The van der Waals surface area contributed by atoms with E-state index in [1.54, 1.807) is 24.5 Å². The first-order valence-electron chi connectivity index (χ1n) is 4.45. The van der Waals surface area contributed by atoms with Gasteiger partial charge in [-0.05, 0) is 12.1 Å². The maximum Gasteiger partial charge on any atom is 0.322 e. The van der Waals surface area contributed by atoms with Gasteiger partial charge in [0.2, 0.25) is 5.96 Å². The zero-order chi connectivity index (χ0) is 11.8. The highest BCUT2D eigenvalue weighted by molar-refractivity contribution is 5.96. The summed E-state index contributed by atoms with van der Waals surface area (Å²) in [4.78, 5) is 18.9. The van der Waals surface area contributed by atoms with Gasteiger partial charge in [-0.3, -0.25) is 10.3 Å². The lowest BCUT2D eigenvalue weighted by Gasteiger charge is -2.03. The van der Waals surface area contributed by atoms with Crippen LogP contribution in [-0.2, 0) is 0 Å². The molecule has 0 aliphatic carbocycles. The summed E-state index contributed by atoms with van der Waals surface area (Å²) in [6.07, 6.45) is 8.12. The highest BCUT2D eigenvalue weighted by atomic mass is 16.2. The van der Waals surface area contributed by atoms with Gasteiger partial charge in [-0.25, -0.2) is 9.79 Å². The molecule has 0 aliphatic rings. The van der Waals surface area contributed by atoms with Gasteiger partial charge in [0, 0.05) is 12.4 Å². The van der Waals surface area contributed by atoms with E-state index in [-0.39, 0.29) is 12.5 Å². The summed E-state index contributed by atoms with van der Waals surface area (Å²) in [5.41, 5.74) is 6.09. The van der Waals surface area contributed by atoms with Crippen molar-refractivity contribution in [2.45, 2.75) is 0 Å². The number of aliphatic imine (C=N–C) groups is 1. The first-order chi connectivity index (χ1) is 7.72. The van der Waals surface area contributed by atoms with Gasteiger partial charge in [0.05, 0.1) is 12.2 Å². The molecule has 82 valence electrons. The van der Waals surface area contributed by atoms with Crippen LogP contribution in [0.1, 0.15) is 0 Å². The highest BCUT2D eigenvalue weighted by Crippen LogP contribution is 2.06. The standard InChI is InChI=1S/C10H11N5O/c1-2-5-13-10(16)15-9(11)14-8-3-6-12-7-4-8/h1,3-4,6-7H,5H2,(H4,11,12,13,14,15,16). The Bertz CT molecular complexity index is 421. The fraction of sp³-hybridized carbons (Fsp3) is 0.100. The number of carbonyl (C=O) groups is 1. The van der Waals surface area contributed by atoms with E-state index in [2.05, 4.69) is 26.5 Å². The minimum Gasteiger partial charge on any atom is -0.369 e. The summed E-state index contributed by atoms with van der Waals surface area (Å²) >= 11 is 0. The molecular weight excluding hydrogens is 206 g/mol. The Balaban J connectivity index is 2.53. The lowest BCUT2D eigenvalue weighted by atomic mass is 10.4. The number of aromatic nitrogens is 1. The first-order valence-corrected chi connectivity index (χ1v) is 4.45. The smallest absolute Gasteiger partial charge is 0.322 e. The lowest BCUT2D eigenvalue weighted by molar-refractivity contribution is 0.246. The van der Waals surface area contributed by atoms with Gasteiger partial charge in [-0.2, -0.15) is 0 Å². The fourth-order valence-corrected chi connectivity index (χ4v) is 0.877. The van der Waals surface area contributed by atoms with Crippen LogP contribution in [0.2, 0.25) is 0 Å². The Morgan fingerprint density at radius 1 is 1.56 bits per heavy atom. The topological polar surface area (TPSA) is 92.4 Å². The van der Waals surface area contributed by atoms with E-state index in [0.29, 0.717) is 5.69 Å². The molecule has 0 bridgehead atoms. The third kappa shape index (κ3) is 4.11. The molecule has 6 heteroatoms. The number of nitrogens with one attached hydrogen (secondary N) is 2. The Kier molecular flexibility index (Phi) is 4.34. The number of nitrogens with zero attached hydrogens (tertiary/aromatic N) is 2. The second-order valence-corrected chi connectivity index (χ2v) is 2.71. The predicted molar refractivity (Wildman–Crippen MR) is 60.9 cm³/mol. The van der Waals surface area contributed by atoms with E-state index in [4.69, 9.17) is 12.2 Å². The minimum absolute atomic E-state index is 0.0132. The van der Waals surface area contributed by atoms with Crippen LogP contribution in [0.4, 0.5) is 10.5 Å². The molecule has 0 aromatic carbocycles. The molecule has 0 unspecified atom stereocenters. The molecule has 6 nitrogen and oxygen atoms in total. The third-order valence-electron chi connectivity index (χ3n) is 1.50. The SMILES string of the molecule is C#CCNC(=O)NC(N)=Nc1ccncc1. The van der Waals surface area contributed by atoms with Crippen LogP contribution in [-0.4, -0.2) is 23.5 Å². The van der Waals surface area contributed by atoms with Gasteiger partial charge >= 0.3 is 6.03 Å². The zero-order valence-corrected chi connectivity index (χ0v) is 8.47. The molecule has 1 rings (SSSR count). The fourth-order valence-electron chi connectivity index (χ4n) is 0.877. The van der Waals surface area contributed by atoms with E-state index in [0.717, 1.165) is 0 Å². The summed E-state index contributed by atoms with van der Waals surface area (Å²) in [7, 11) is 0. The van der Waals surface area contributed by atoms with Crippen LogP contribution in [0.15, 0.2) is 29.5 Å². The van der Waals surface area contributed by atoms with Crippen molar-refractivity contribution in [1.29, 1.82) is 0 Å². The molecule has 1 aromatic rings. The lowest BCUT2D eigenvalue weighted by Crippen LogP contribution is -2.43. The van der Waals surface area contributed by atoms with Crippen LogP contribution in [0.5, 0.6) is 0 Å². The summed E-state index contributed by atoms with van der Waals surface area (Å²) in [5, 5.41) is 4.71. The molecule has 0 saturated carbocycles. The number of hydrogen-bond acceptors (Lipinski definition) is 3. The van der Waals surface area contributed by atoms with Crippen LogP contribution >= 0.6 is 0 Å². The van der Waals surface area contributed by atoms with Crippen molar-refractivity contribution in [1.82, 2.24) is 15.6 Å². The van der Waals surface area contributed by atoms with Crippen molar-refractivity contribution in [2.24, 2.45) is 10.7 Å². The molecule has 1 aromatic heterocycles. The molecule has 0 fully saturated rings. The Morgan fingerprint density at radius 2 is 2.25 bits per heavy atom. The van der Waals surface area contributed by atoms with Gasteiger partial charge in [-0.15, -0.1) is 6.42 Å². The Labute approximate surface area is 93.0 Å². The molecule has 0 saturated heterocycles. The highest BCUT2D eigenvalue weighted by Gasteiger charge is 2.00. The minimum atomic E-state index is -0.492. The summed E-state index contributed by atoms with van der Waals surface area (Å²) < 4.78 is 0. The van der Waals surface area contributed by atoms with E-state index < -0.39 is 6.03 Å². The number of carbonyl (C=O) groups excluding carboxylic acids is 1. The van der Waals surface area contributed by atoms with Gasteiger partial charge in [-0.1, -0.05) is 5.92 Å². The van der Waals surface area contributed by atoms with Gasteiger partial charge in [0.25, 0.3) is 0 Å². The molecule has 1 heterocycles. The van der Waals surface area contributed by atoms with E-state index in [1.807, 2.05) is 0 Å². The number of amides is 2. The molecular formula is C10H11N5O. The number of terminal acetylenes is 1. The second-order valence-electron chi connectivity index (χ2n) is 2.71. The molecule has 0 spiro atoms. The average Bonchev–Trinajstić information content (AvgIpc) is 2.27. The van der Waals surface area contributed by atoms with Crippen LogP contribution in [0.25, 0.3) is 0 Å². The van der Waals surface area contributed by atoms with Crippen molar-refractivity contribution in [2.75, 3.05) is 6.54 Å². The molecule has 4 N–H and O–H groups in total. The van der Waals surface area contributed by atoms with Crippen molar-refractivity contribution >= 4 is 17.7 Å². The number of rotatable bonds is 2. The van der Waals surface area contributed by atoms with E-state index >= 15 is 0 Å². The van der Waals surface area contributed by atoms with Crippen LogP contribution < -0.4 is 16.4 Å². The molecule has 0 aliphatic heterocycles. The van der Waals surface area contributed by atoms with E-state index in [9.17, 15) is 4.79 Å². The van der Waals surface area contributed by atoms with Crippen molar-refractivity contribution in [3.8, 4) is 12.3 Å². The van der Waals surface area contributed by atoms with Crippen molar-refractivity contribution < 1.29 is 4.79 Å². The summed E-state index contributed by atoms with van der Waals surface area (Å²) in [6, 6.07) is 2.83. The second kappa shape index (κ2) is 6.03. The Morgan fingerprint density at radius 3 is 2.88 bits per heavy atom. The Hall–Kier alpha value is -2.55. The third-order valence-corrected chi connectivity index (χ3v) is 1.50. The van der Waals surface area contributed by atoms with Gasteiger partial charge < -0.3 is 11.1 Å². The quantitative estimate of drug-likeness (QED) is 0.368. The van der Waals surface area contributed by atoms with Crippen LogP contribution in [0, 0.1) is 12.3 Å². The van der Waals surface area contributed by atoms with Crippen molar-refractivity contribution in [3.05, 3.63) is 24.5 Å². The zero-order valence-electron chi connectivity index (χ0n) is 8.47. The number of hydrogen-bond donors (Lipinski definition) is 3. The van der Waals surface area contributed by atoms with Crippen molar-refractivity contribution in [3.63, 3.8) is 0 Å². The normalized spacial score (nSPS) is 10.3. The largest absolute Gasteiger partial charge is 0.369 e.